The first-order valence-electron chi connectivity index (χ1n) is 8.27. The van der Waals surface area contributed by atoms with Crippen molar-refractivity contribution in [1.29, 1.82) is 0 Å². The summed E-state index contributed by atoms with van der Waals surface area (Å²) in [4.78, 5) is 65.4. The maximum absolute atomic E-state index is 11.1. The molecule has 0 atom stereocenters. The van der Waals surface area contributed by atoms with Crippen LogP contribution in [0.1, 0.15) is 6.92 Å². The van der Waals surface area contributed by atoms with E-state index < -0.39 is 0 Å². The molecular weight excluding hydrogens is 753 g/mol. The summed E-state index contributed by atoms with van der Waals surface area (Å²) in [5, 5.41) is 0.768. The van der Waals surface area contributed by atoms with Crippen LogP contribution in [0.5, 0.6) is 0 Å². The van der Waals surface area contributed by atoms with Crippen LogP contribution >= 0.6 is 70.5 Å². The summed E-state index contributed by atoms with van der Waals surface area (Å²) in [5.74, 6) is -1.02. The van der Waals surface area contributed by atoms with Gasteiger partial charge in [-0.3, -0.25) is 28.8 Å². The van der Waals surface area contributed by atoms with Crippen molar-refractivity contribution in [3.8, 4) is 0 Å². The van der Waals surface area contributed by atoms with Crippen molar-refractivity contribution in [2.24, 2.45) is 0 Å². The van der Waals surface area contributed by atoms with E-state index in [1.807, 2.05) is 0 Å². The monoisotopic (exact) mass is 760 g/mol. The molecule has 0 N–H and O–H groups in total. The number of carbonyl (C=O) groups excluding carboxylic acids is 6. The van der Waals surface area contributed by atoms with Crippen LogP contribution in [0.25, 0.3) is 0 Å². The van der Waals surface area contributed by atoms with Gasteiger partial charge in [-0.05, 0) is 68.8 Å². The van der Waals surface area contributed by atoms with Gasteiger partial charge in [0.05, 0.1) is 24.1 Å². The van der Waals surface area contributed by atoms with Crippen LogP contribution < -0.4 is 0 Å². The minimum Gasteiger partial charge on any atom is -0.290 e. The van der Waals surface area contributed by atoms with Gasteiger partial charge in [0.25, 0.3) is 0 Å². The minimum atomic E-state index is -0.195. The van der Waals surface area contributed by atoms with Gasteiger partial charge in [-0.1, -0.05) is 35.4 Å². The van der Waals surface area contributed by atoms with Crippen molar-refractivity contribution in [3.63, 3.8) is 0 Å². The van der Waals surface area contributed by atoms with Crippen LogP contribution in [0.3, 0.4) is 0 Å². The number of allylic oxidation sites excluding steroid dienone is 12. The second kappa shape index (κ2) is 17.0. The standard InChI is InChI=1S/C7H5O2PS.C6H2Br2O2.C6H2BrO2PS.HPS/c1-4-2-5(8)3-6(10-11)7(4)9;7-4-1-3(9)2-5(8)6(4)10;7-4-1-3(8)2-5(10-11)6(4)9;1-2/h2-3H,1H3;1-2H;1-2H;1H. The molecule has 15 heteroatoms. The maximum atomic E-state index is 11.1. The molecule has 0 saturated heterocycles. The predicted molar refractivity (Wildman–Crippen MR) is 155 cm³/mol. The van der Waals surface area contributed by atoms with Gasteiger partial charge >= 0.3 is 0 Å². The Kier molecular flexibility index (Phi) is 16.7. The van der Waals surface area contributed by atoms with Crippen molar-refractivity contribution >= 4 is 141 Å². The van der Waals surface area contributed by atoms with Gasteiger partial charge < -0.3 is 0 Å². The molecule has 0 amide bonds. The molecule has 3 aliphatic carbocycles. The number of carbonyl (C=O) groups is 6. The van der Waals surface area contributed by atoms with Crippen LogP contribution in [-0.4, -0.2) is 34.7 Å². The van der Waals surface area contributed by atoms with Gasteiger partial charge in [0.2, 0.25) is 11.6 Å². The van der Waals surface area contributed by atoms with Crippen molar-refractivity contribution < 1.29 is 28.8 Å². The molecule has 3 aliphatic rings. The molecule has 6 nitrogen and oxygen atoms in total. The van der Waals surface area contributed by atoms with Crippen molar-refractivity contribution in [1.82, 2.24) is 0 Å². The largest absolute Gasteiger partial charge is 0.290 e. The SMILES string of the molecule is CC1=CC(=O)C=C(P=S)C1=O.O=C1C=C(Br)C(=O)C(Br)=C1.O=C1C=C(Br)C(=O)C(P=S)=C1.P=S. The van der Waals surface area contributed by atoms with Gasteiger partial charge in [-0.25, -0.2) is 0 Å². The number of hydrogen-bond acceptors (Lipinski definition) is 9. The summed E-state index contributed by atoms with van der Waals surface area (Å²) in [6, 6.07) is 0. The average molecular weight is 763 g/mol. The van der Waals surface area contributed by atoms with E-state index in [1.165, 1.54) is 36.5 Å². The predicted octanol–water partition coefficient (Wildman–Crippen LogP) is 5.37. The van der Waals surface area contributed by atoms with Gasteiger partial charge in [-0.2, -0.15) is 0 Å². The zero-order valence-corrected chi connectivity index (χ0v) is 26.7. The number of ketones is 6. The Morgan fingerprint density at radius 3 is 1.32 bits per heavy atom. The highest BCUT2D eigenvalue weighted by Crippen LogP contribution is 2.25. The first-order chi connectivity index (χ1) is 15.9. The highest BCUT2D eigenvalue weighted by atomic mass is 79.9. The molecule has 3 rings (SSSR count). The van der Waals surface area contributed by atoms with Crippen LogP contribution in [0.15, 0.2) is 66.1 Å². The highest BCUT2D eigenvalue weighted by Gasteiger charge is 2.18. The third-order valence-electron chi connectivity index (χ3n) is 3.39. The van der Waals surface area contributed by atoms with Crippen molar-refractivity contribution in [3.05, 3.63) is 66.1 Å². The molecule has 0 radical (unpaired) electrons. The molecule has 0 aromatic heterocycles. The van der Waals surface area contributed by atoms with Crippen molar-refractivity contribution in [2.75, 3.05) is 0 Å². The van der Waals surface area contributed by atoms with Crippen molar-refractivity contribution in [2.45, 2.75) is 6.92 Å². The normalized spacial score (nSPS) is 17.4. The lowest BCUT2D eigenvalue weighted by molar-refractivity contribution is -0.114. The summed E-state index contributed by atoms with van der Waals surface area (Å²) in [7, 11) is 3.41. The first-order valence-corrected chi connectivity index (χ1v) is 16.1. The molecule has 0 saturated carbocycles. The van der Waals surface area contributed by atoms with Crippen LogP contribution in [0.4, 0.5) is 0 Å². The molecule has 0 aliphatic heterocycles. The Bertz CT molecular complexity index is 1100. The third kappa shape index (κ3) is 11.0. The van der Waals surface area contributed by atoms with E-state index in [0.29, 0.717) is 39.9 Å². The molecule has 34 heavy (non-hydrogen) atoms. The van der Waals surface area contributed by atoms with Crippen LogP contribution in [0.2, 0.25) is 0 Å². The van der Waals surface area contributed by atoms with Gasteiger partial charge in [0.1, 0.15) is 0 Å². The summed E-state index contributed by atoms with van der Waals surface area (Å²) >= 11 is 22.1. The second-order valence-electron chi connectivity index (χ2n) is 5.74. The topological polar surface area (TPSA) is 102 Å². The lowest BCUT2D eigenvalue weighted by atomic mass is 10.1. The molecule has 0 spiro atoms. The zero-order chi connectivity index (χ0) is 26.6. The fraction of sp³-hybridized carbons (Fsp3) is 0.0526. The van der Waals surface area contributed by atoms with E-state index in [2.05, 4.69) is 91.2 Å². The molecule has 0 unspecified atom stereocenters. The number of halogens is 3. The first kappa shape index (κ1) is 33.5. The Balaban J connectivity index is 0.000000463. The molecule has 0 fully saturated rings. The number of Topliss-reactive ketones (excluding diaryl/α,β-unsaturated/α-hetero) is 3. The van der Waals surface area contributed by atoms with Crippen LogP contribution in [0, 0.1) is 0 Å². The zero-order valence-electron chi connectivity index (χ0n) is 16.7. The molecule has 0 aromatic carbocycles. The number of hydrogen-bond donors (Lipinski definition) is 0. The molecular formula is C19H10Br3O6P3S3. The molecule has 0 bridgehead atoms. The van der Waals surface area contributed by atoms with E-state index in [9.17, 15) is 28.8 Å². The summed E-state index contributed by atoms with van der Waals surface area (Å²) < 4.78 is 0.885. The minimum absolute atomic E-state index is 0.110. The average Bonchev–Trinajstić information content (AvgIpc) is 2.79. The summed E-state index contributed by atoms with van der Waals surface area (Å²) in [5.41, 5.74) is 0.477. The molecule has 176 valence electrons. The third-order valence-corrected chi connectivity index (χ3v) is 7.40. The molecule has 0 aromatic rings. The van der Waals surface area contributed by atoms with Crippen LogP contribution in [-0.2, 0) is 64.2 Å². The smallest absolute Gasteiger partial charge is 0.207 e. The highest BCUT2D eigenvalue weighted by molar-refractivity contribution is 9.13. The Morgan fingerprint density at radius 2 is 0.912 bits per heavy atom. The quantitative estimate of drug-likeness (QED) is 0.272. The Labute approximate surface area is 240 Å². The Morgan fingerprint density at radius 1 is 0.588 bits per heavy atom. The maximum Gasteiger partial charge on any atom is 0.207 e. The fourth-order valence-corrected chi connectivity index (χ4v) is 5.32. The second-order valence-corrected chi connectivity index (χ2v) is 10.7. The van der Waals surface area contributed by atoms with E-state index in [1.54, 1.807) is 6.92 Å². The Hall–Kier alpha value is -0.540. The van der Waals surface area contributed by atoms with Gasteiger partial charge in [0.15, 0.2) is 23.1 Å². The number of rotatable bonds is 2. The lowest BCUT2D eigenvalue weighted by Crippen LogP contribution is -2.08. The summed E-state index contributed by atoms with van der Waals surface area (Å²) in [6.07, 6.45) is 7.62. The molecule has 0 heterocycles. The fourth-order valence-electron chi connectivity index (χ4n) is 1.95. The van der Waals surface area contributed by atoms with Gasteiger partial charge in [0, 0.05) is 50.7 Å². The summed E-state index contributed by atoms with van der Waals surface area (Å²) in [6.45, 7) is 1.62. The van der Waals surface area contributed by atoms with E-state index >= 15 is 0 Å². The van der Waals surface area contributed by atoms with E-state index in [4.69, 9.17) is 0 Å². The van der Waals surface area contributed by atoms with E-state index in [0.717, 1.165) is 0 Å². The lowest BCUT2D eigenvalue weighted by Gasteiger charge is -2.03. The van der Waals surface area contributed by atoms with Gasteiger partial charge in [-0.15, -0.1) is 0 Å². The van der Waals surface area contributed by atoms with E-state index in [-0.39, 0.29) is 39.2 Å².